The first-order valence-corrected chi connectivity index (χ1v) is 8.33. The molecule has 0 radical (unpaired) electrons. The minimum absolute atomic E-state index is 0.0503. The van der Waals surface area contributed by atoms with Crippen molar-refractivity contribution in [2.45, 2.75) is 45.1 Å². The van der Waals surface area contributed by atoms with Crippen molar-refractivity contribution in [2.75, 3.05) is 0 Å². The summed E-state index contributed by atoms with van der Waals surface area (Å²) in [6.07, 6.45) is 5.70. The molecule has 116 valence electrons. The van der Waals surface area contributed by atoms with Gasteiger partial charge in [-0.05, 0) is 56.1 Å². The maximum atomic E-state index is 12.3. The molecule has 1 aromatic heterocycles. The molecule has 0 aliphatic heterocycles. The topological polar surface area (TPSA) is 55.1 Å². The Morgan fingerprint density at radius 1 is 1.36 bits per heavy atom. The van der Waals surface area contributed by atoms with E-state index in [-0.39, 0.29) is 11.9 Å². The zero-order chi connectivity index (χ0) is 15.1. The SMILES string of the molecule is CC(NC(=O)Cc1noc2ccccc12)C1CC2CCC1C2. The van der Waals surface area contributed by atoms with E-state index in [0.29, 0.717) is 12.3 Å². The average Bonchev–Trinajstić information content (AvgIpc) is 3.22. The minimum Gasteiger partial charge on any atom is -0.356 e. The number of fused-ring (bicyclic) bond motifs is 3. The van der Waals surface area contributed by atoms with Gasteiger partial charge in [-0.15, -0.1) is 0 Å². The summed E-state index contributed by atoms with van der Waals surface area (Å²) in [5.41, 5.74) is 1.47. The van der Waals surface area contributed by atoms with Gasteiger partial charge in [-0.2, -0.15) is 0 Å². The van der Waals surface area contributed by atoms with Gasteiger partial charge in [-0.3, -0.25) is 4.79 Å². The van der Waals surface area contributed by atoms with Crippen molar-refractivity contribution >= 4 is 16.9 Å². The Kier molecular flexibility index (Phi) is 3.40. The second-order valence-electron chi connectivity index (χ2n) is 7.00. The first-order chi connectivity index (χ1) is 10.7. The van der Waals surface area contributed by atoms with E-state index in [1.54, 1.807) is 0 Å². The molecule has 2 aliphatic rings. The highest BCUT2D eigenvalue weighted by molar-refractivity contribution is 5.86. The normalized spacial score (nSPS) is 28.1. The lowest BCUT2D eigenvalue weighted by Gasteiger charge is -2.28. The molecule has 4 atom stereocenters. The summed E-state index contributed by atoms with van der Waals surface area (Å²) in [7, 11) is 0. The van der Waals surface area contributed by atoms with Crippen molar-refractivity contribution in [1.29, 1.82) is 0 Å². The van der Waals surface area contributed by atoms with Crippen LogP contribution in [0.2, 0.25) is 0 Å². The van der Waals surface area contributed by atoms with Crippen molar-refractivity contribution in [3.63, 3.8) is 0 Å². The average molecular weight is 298 g/mol. The number of carbonyl (C=O) groups is 1. The lowest BCUT2D eigenvalue weighted by atomic mass is 9.84. The number of rotatable bonds is 4. The van der Waals surface area contributed by atoms with Crippen molar-refractivity contribution in [3.05, 3.63) is 30.0 Å². The van der Waals surface area contributed by atoms with E-state index in [9.17, 15) is 4.79 Å². The monoisotopic (exact) mass is 298 g/mol. The third-order valence-corrected chi connectivity index (χ3v) is 5.60. The van der Waals surface area contributed by atoms with Crippen LogP contribution in [0, 0.1) is 17.8 Å². The standard InChI is InChI=1S/C18H22N2O2/c1-11(15-9-12-6-7-13(15)8-12)19-18(21)10-16-14-4-2-3-5-17(14)22-20-16/h2-5,11-13,15H,6-10H2,1H3,(H,19,21). The van der Waals surface area contributed by atoms with Crippen LogP contribution in [-0.4, -0.2) is 17.1 Å². The highest BCUT2D eigenvalue weighted by atomic mass is 16.5. The summed E-state index contributed by atoms with van der Waals surface area (Å²) in [5.74, 6) is 2.45. The molecule has 4 heteroatoms. The fraction of sp³-hybridized carbons (Fsp3) is 0.556. The maximum absolute atomic E-state index is 12.3. The number of para-hydroxylation sites is 1. The van der Waals surface area contributed by atoms with Crippen LogP contribution < -0.4 is 5.32 Å². The largest absolute Gasteiger partial charge is 0.356 e. The van der Waals surface area contributed by atoms with Crippen molar-refractivity contribution < 1.29 is 9.32 Å². The molecule has 22 heavy (non-hydrogen) atoms. The van der Waals surface area contributed by atoms with Gasteiger partial charge in [0.2, 0.25) is 5.91 Å². The van der Waals surface area contributed by atoms with E-state index >= 15 is 0 Å². The molecule has 0 saturated heterocycles. The van der Waals surface area contributed by atoms with Gasteiger partial charge in [-0.25, -0.2) is 0 Å². The van der Waals surface area contributed by atoms with Crippen LogP contribution in [0.4, 0.5) is 0 Å². The molecule has 1 amide bonds. The molecule has 0 spiro atoms. The number of carbonyl (C=O) groups excluding carboxylic acids is 1. The number of nitrogens with zero attached hydrogens (tertiary/aromatic N) is 1. The van der Waals surface area contributed by atoms with Crippen molar-refractivity contribution in [3.8, 4) is 0 Å². The van der Waals surface area contributed by atoms with Crippen LogP contribution >= 0.6 is 0 Å². The summed E-state index contributed by atoms with van der Waals surface area (Å²) < 4.78 is 5.26. The maximum Gasteiger partial charge on any atom is 0.226 e. The quantitative estimate of drug-likeness (QED) is 0.942. The van der Waals surface area contributed by atoms with Gasteiger partial charge in [0.05, 0.1) is 6.42 Å². The van der Waals surface area contributed by atoms with Crippen LogP contribution in [-0.2, 0) is 11.2 Å². The fourth-order valence-electron chi connectivity index (χ4n) is 4.54. The number of amides is 1. The van der Waals surface area contributed by atoms with E-state index in [2.05, 4.69) is 17.4 Å². The molecular weight excluding hydrogens is 276 g/mol. The third kappa shape index (κ3) is 2.40. The van der Waals surface area contributed by atoms with Gasteiger partial charge < -0.3 is 9.84 Å². The lowest BCUT2D eigenvalue weighted by Crippen LogP contribution is -2.40. The molecule has 4 unspecified atom stereocenters. The summed E-state index contributed by atoms with van der Waals surface area (Å²) >= 11 is 0. The second kappa shape index (κ2) is 5.41. The number of benzene rings is 1. The Bertz CT molecular complexity index is 693. The molecule has 1 aromatic carbocycles. The molecule has 1 heterocycles. The van der Waals surface area contributed by atoms with Crippen LogP contribution in [0.3, 0.4) is 0 Å². The zero-order valence-corrected chi connectivity index (χ0v) is 12.9. The predicted molar refractivity (Wildman–Crippen MR) is 84.3 cm³/mol. The molecule has 4 nitrogen and oxygen atoms in total. The van der Waals surface area contributed by atoms with Gasteiger partial charge in [-0.1, -0.05) is 23.7 Å². The Morgan fingerprint density at radius 3 is 3.00 bits per heavy atom. The van der Waals surface area contributed by atoms with Gasteiger partial charge in [0.1, 0.15) is 5.69 Å². The van der Waals surface area contributed by atoms with Gasteiger partial charge in [0, 0.05) is 11.4 Å². The molecule has 2 fully saturated rings. The van der Waals surface area contributed by atoms with Gasteiger partial charge >= 0.3 is 0 Å². The Hall–Kier alpha value is -1.84. The van der Waals surface area contributed by atoms with E-state index in [0.717, 1.165) is 28.5 Å². The molecule has 2 aliphatic carbocycles. The zero-order valence-electron chi connectivity index (χ0n) is 12.9. The van der Waals surface area contributed by atoms with E-state index in [1.807, 2.05) is 24.3 Å². The van der Waals surface area contributed by atoms with E-state index in [1.165, 1.54) is 25.7 Å². The lowest BCUT2D eigenvalue weighted by molar-refractivity contribution is -0.121. The van der Waals surface area contributed by atoms with Gasteiger partial charge in [0.15, 0.2) is 5.58 Å². The van der Waals surface area contributed by atoms with Crippen LogP contribution in [0.15, 0.2) is 28.8 Å². The number of hydrogen-bond donors (Lipinski definition) is 1. The fourth-order valence-corrected chi connectivity index (χ4v) is 4.54. The van der Waals surface area contributed by atoms with E-state index in [4.69, 9.17) is 4.52 Å². The Morgan fingerprint density at radius 2 is 2.23 bits per heavy atom. The third-order valence-electron chi connectivity index (χ3n) is 5.60. The summed E-state index contributed by atoms with van der Waals surface area (Å²) in [5, 5.41) is 8.17. The minimum atomic E-state index is 0.0503. The Balaban J connectivity index is 1.40. The molecule has 1 N–H and O–H groups in total. The first-order valence-electron chi connectivity index (χ1n) is 8.33. The highest BCUT2D eigenvalue weighted by Gasteiger charge is 2.42. The van der Waals surface area contributed by atoms with Gasteiger partial charge in [0.25, 0.3) is 0 Å². The number of aromatic nitrogens is 1. The molecular formula is C18H22N2O2. The molecule has 4 rings (SSSR count). The van der Waals surface area contributed by atoms with Crippen molar-refractivity contribution in [1.82, 2.24) is 10.5 Å². The summed E-state index contributed by atoms with van der Waals surface area (Å²) in [4.78, 5) is 12.3. The number of nitrogens with one attached hydrogen (secondary N) is 1. The van der Waals surface area contributed by atoms with Crippen LogP contribution in [0.1, 0.15) is 38.3 Å². The first kappa shape index (κ1) is 13.8. The van der Waals surface area contributed by atoms with E-state index < -0.39 is 0 Å². The highest BCUT2D eigenvalue weighted by Crippen LogP contribution is 2.49. The molecule has 2 bridgehead atoms. The number of hydrogen-bond acceptors (Lipinski definition) is 3. The van der Waals surface area contributed by atoms with Crippen LogP contribution in [0.25, 0.3) is 11.0 Å². The second-order valence-corrected chi connectivity index (χ2v) is 7.00. The van der Waals surface area contributed by atoms with Crippen molar-refractivity contribution in [2.24, 2.45) is 17.8 Å². The molecule has 2 saturated carbocycles. The summed E-state index contributed by atoms with van der Waals surface area (Å²) in [6.45, 7) is 2.16. The van der Waals surface area contributed by atoms with Crippen LogP contribution in [0.5, 0.6) is 0 Å². The smallest absolute Gasteiger partial charge is 0.226 e. The predicted octanol–water partition coefficient (Wildman–Crippen LogP) is 3.31. The summed E-state index contributed by atoms with van der Waals surface area (Å²) in [6, 6.07) is 7.95. The Labute approximate surface area is 130 Å². The molecule has 2 aromatic rings.